The topological polar surface area (TPSA) is 84.8 Å². The monoisotopic (exact) mass is 364 g/mol. The number of terminal acetylenes is 1. The summed E-state index contributed by atoms with van der Waals surface area (Å²) in [5, 5.41) is 0. The second kappa shape index (κ2) is 9.84. The molecule has 0 aliphatic heterocycles. The molecule has 25 heavy (non-hydrogen) atoms. The lowest BCUT2D eigenvalue weighted by molar-refractivity contribution is -0.117. The second-order valence-electron chi connectivity index (χ2n) is 5.84. The van der Waals surface area contributed by atoms with E-state index in [1.54, 1.807) is 6.92 Å². The van der Waals surface area contributed by atoms with Gasteiger partial charge in [0.1, 0.15) is 16.0 Å². The highest BCUT2D eigenvalue weighted by Crippen LogP contribution is 2.17. The number of carbonyl (C=O) groups excluding carboxylic acids is 2. The van der Waals surface area contributed by atoms with Gasteiger partial charge in [-0.15, -0.1) is 16.7 Å². The Morgan fingerprint density at radius 2 is 1.96 bits per heavy atom. The number of benzene rings is 1. The molecule has 1 aromatic rings. The Labute approximate surface area is 149 Å². The number of nitrogens with zero attached hydrogens (tertiary/aromatic N) is 1. The first kappa shape index (κ1) is 20.7. The molecule has 0 fully saturated rings. The molecule has 0 aliphatic rings. The van der Waals surface area contributed by atoms with Crippen molar-refractivity contribution < 1.29 is 18.5 Å². The van der Waals surface area contributed by atoms with E-state index in [4.69, 9.17) is 11.2 Å². The minimum absolute atomic E-state index is 0.0308. The van der Waals surface area contributed by atoms with Gasteiger partial charge in [-0.05, 0) is 24.8 Å². The number of amides is 2. The highest BCUT2D eigenvalue weighted by Gasteiger charge is 2.19. The Morgan fingerprint density at radius 3 is 2.52 bits per heavy atom. The Morgan fingerprint density at radius 1 is 1.32 bits per heavy atom. The largest absolute Gasteiger partial charge is 0.443 e. The first-order chi connectivity index (χ1) is 11.8. The van der Waals surface area contributed by atoms with Gasteiger partial charge in [0.2, 0.25) is 5.91 Å². The summed E-state index contributed by atoms with van der Waals surface area (Å²) in [4.78, 5) is 23.4. The molecule has 0 aliphatic carbocycles. The van der Waals surface area contributed by atoms with Crippen molar-refractivity contribution in [1.29, 1.82) is 0 Å². The van der Waals surface area contributed by atoms with E-state index < -0.39 is 28.0 Å². The van der Waals surface area contributed by atoms with E-state index in [1.807, 2.05) is 37.3 Å². The molecule has 0 heterocycles. The molecule has 0 unspecified atom stereocenters. The molecule has 0 saturated carbocycles. The lowest BCUT2D eigenvalue weighted by Crippen LogP contribution is -2.33. The predicted molar refractivity (Wildman–Crippen MR) is 97.8 cm³/mol. The van der Waals surface area contributed by atoms with Gasteiger partial charge in [0.15, 0.2) is 0 Å². The summed E-state index contributed by atoms with van der Waals surface area (Å²) in [6, 6.07) is 9.12. The molecule has 1 aromatic carbocycles. The standard InChI is InChI=1S/C18H24N2O4S/c1-5-6-10-14(2)13-25(23,19-16(4)21)20-18(22)24-15(3)17-11-8-7-9-12-17/h1,7-9,11-12,14-15H,6,10,13H2,2-4H3,(H,19,20,21,22,23)/t14-,15-,25-/m0/s1. The minimum atomic E-state index is -3.26. The quantitative estimate of drug-likeness (QED) is 0.751. The Hall–Kier alpha value is -2.33. The molecular formula is C18H24N2O4S. The molecule has 7 heteroatoms. The van der Waals surface area contributed by atoms with Crippen LogP contribution < -0.4 is 4.72 Å². The van der Waals surface area contributed by atoms with Gasteiger partial charge in [-0.3, -0.25) is 9.52 Å². The number of hydrogen-bond donors (Lipinski definition) is 1. The number of rotatable bonds is 7. The minimum Gasteiger partial charge on any atom is -0.440 e. The van der Waals surface area contributed by atoms with E-state index in [-0.39, 0.29) is 11.7 Å². The number of carbonyl (C=O) groups is 2. The summed E-state index contributed by atoms with van der Waals surface area (Å²) in [7, 11) is -3.26. The van der Waals surface area contributed by atoms with Gasteiger partial charge in [0.05, 0.1) is 5.75 Å². The smallest absolute Gasteiger partial charge is 0.440 e. The van der Waals surface area contributed by atoms with E-state index in [2.05, 4.69) is 15.0 Å². The number of nitrogens with one attached hydrogen (secondary N) is 1. The van der Waals surface area contributed by atoms with Gasteiger partial charge in [0, 0.05) is 13.3 Å². The summed E-state index contributed by atoms with van der Waals surface area (Å²) in [6.45, 7) is 4.75. The van der Waals surface area contributed by atoms with Gasteiger partial charge in [-0.2, -0.15) is 0 Å². The van der Waals surface area contributed by atoms with Crippen molar-refractivity contribution in [2.45, 2.75) is 39.7 Å². The molecule has 0 saturated heterocycles. The van der Waals surface area contributed by atoms with Crippen molar-refractivity contribution in [3.05, 3.63) is 35.9 Å². The summed E-state index contributed by atoms with van der Waals surface area (Å²) >= 11 is 0. The summed E-state index contributed by atoms with van der Waals surface area (Å²) in [6.07, 6.45) is 4.85. The third-order valence-electron chi connectivity index (χ3n) is 3.36. The lowest BCUT2D eigenvalue weighted by Gasteiger charge is -2.16. The first-order valence-corrected chi connectivity index (χ1v) is 9.66. The SMILES string of the molecule is C#CCC[C@H](C)C[S@@](=O)(=NC(=O)O[C@@H](C)c1ccccc1)NC(C)=O. The van der Waals surface area contributed by atoms with Crippen LogP contribution in [0.5, 0.6) is 0 Å². The Bertz CT molecular complexity index is 746. The van der Waals surface area contributed by atoms with Crippen LogP contribution in [0.4, 0.5) is 4.79 Å². The third kappa shape index (κ3) is 7.86. The van der Waals surface area contributed by atoms with Crippen LogP contribution in [-0.4, -0.2) is 22.0 Å². The molecule has 0 radical (unpaired) electrons. The molecule has 2 amide bonds. The predicted octanol–water partition coefficient (Wildman–Crippen LogP) is 3.45. The van der Waals surface area contributed by atoms with Crippen LogP contribution in [0.3, 0.4) is 0 Å². The normalized spacial score (nSPS) is 15.1. The fraction of sp³-hybridized carbons (Fsp3) is 0.444. The van der Waals surface area contributed by atoms with Gasteiger partial charge in [0.25, 0.3) is 0 Å². The Balaban J connectivity index is 2.89. The maximum atomic E-state index is 12.8. The molecule has 1 N–H and O–H groups in total. The van der Waals surface area contributed by atoms with Crippen LogP contribution in [0, 0.1) is 18.3 Å². The molecule has 0 bridgehead atoms. The van der Waals surface area contributed by atoms with Crippen molar-refractivity contribution in [2.75, 3.05) is 5.75 Å². The second-order valence-corrected chi connectivity index (χ2v) is 7.84. The zero-order chi connectivity index (χ0) is 18.9. The van der Waals surface area contributed by atoms with Crippen LogP contribution in [-0.2, 0) is 19.4 Å². The molecule has 0 aromatic heterocycles. The summed E-state index contributed by atoms with van der Waals surface area (Å²) in [5.74, 6) is 1.94. The fourth-order valence-corrected chi connectivity index (χ4v) is 4.08. The molecule has 3 atom stereocenters. The molecular weight excluding hydrogens is 340 g/mol. The Kier molecular flexibility index (Phi) is 8.16. The van der Waals surface area contributed by atoms with Gasteiger partial charge >= 0.3 is 6.09 Å². The van der Waals surface area contributed by atoms with Crippen molar-refractivity contribution in [3.63, 3.8) is 0 Å². The van der Waals surface area contributed by atoms with Crippen LogP contribution >= 0.6 is 0 Å². The molecule has 1 rings (SSSR count). The number of hydrogen-bond acceptors (Lipinski definition) is 4. The van der Waals surface area contributed by atoms with Crippen molar-refractivity contribution >= 4 is 21.9 Å². The lowest BCUT2D eigenvalue weighted by atomic mass is 10.1. The first-order valence-electron chi connectivity index (χ1n) is 7.98. The fourth-order valence-electron chi connectivity index (χ4n) is 2.21. The van der Waals surface area contributed by atoms with Crippen LogP contribution in [0.1, 0.15) is 45.3 Å². The average Bonchev–Trinajstić information content (AvgIpc) is 2.52. The summed E-state index contributed by atoms with van der Waals surface area (Å²) < 4.78 is 24.0. The molecule has 136 valence electrons. The average molecular weight is 364 g/mol. The van der Waals surface area contributed by atoms with Crippen molar-refractivity contribution in [2.24, 2.45) is 10.3 Å². The zero-order valence-electron chi connectivity index (χ0n) is 14.7. The van der Waals surface area contributed by atoms with E-state index in [9.17, 15) is 13.8 Å². The van der Waals surface area contributed by atoms with Crippen LogP contribution in [0.2, 0.25) is 0 Å². The van der Waals surface area contributed by atoms with Crippen LogP contribution in [0.15, 0.2) is 34.7 Å². The molecule has 6 nitrogen and oxygen atoms in total. The van der Waals surface area contributed by atoms with E-state index in [0.29, 0.717) is 12.8 Å². The molecule has 0 spiro atoms. The van der Waals surface area contributed by atoms with Gasteiger partial charge in [-0.25, -0.2) is 9.00 Å². The highest BCUT2D eigenvalue weighted by molar-refractivity contribution is 7.92. The van der Waals surface area contributed by atoms with Crippen molar-refractivity contribution in [1.82, 2.24) is 4.72 Å². The third-order valence-corrected chi connectivity index (χ3v) is 5.43. The highest BCUT2D eigenvalue weighted by atomic mass is 32.2. The summed E-state index contributed by atoms with van der Waals surface area (Å²) in [5.41, 5.74) is 0.791. The number of ether oxygens (including phenoxy) is 1. The van der Waals surface area contributed by atoms with Crippen molar-refractivity contribution in [3.8, 4) is 12.3 Å². The van der Waals surface area contributed by atoms with Gasteiger partial charge < -0.3 is 4.74 Å². The van der Waals surface area contributed by atoms with E-state index in [0.717, 1.165) is 5.56 Å². The maximum Gasteiger partial charge on any atom is 0.443 e. The van der Waals surface area contributed by atoms with E-state index >= 15 is 0 Å². The maximum absolute atomic E-state index is 12.8. The van der Waals surface area contributed by atoms with E-state index in [1.165, 1.54) is 6.92 Å². The zero-order valence-corrected chi connectivity index (χ0v) is 15.5. The van der Waals surface area contributed by atoms with Gasteiger partial charge in [-0.1, -0.05) is 37.3 Å². The van der Waals surface area contributed by atoms with Crippen LogP contribution in [0.25, 0.3) is 0 Å².